The number of hydrogen-bond acceptors (Lipinski definition) is 4. The van der Waals surface area contributed by atoms with Gasteiger partial charge in [0.25, 0.3) is 5.91 Å². The summed E-state index contributed by atoms with van der Waals surface area (Å²) in [6.45, 7) is 3.83. The number of rotatable bonds is 10. The standard InChI is InChI=1S/C18H30N4O3/c1-5-6-10-20-18(24)21-14-8-9-16(22(2)3)15(13-14)17(23)19-11-7-12-25-4/h8-9,13H,5-7,10-12H2,1-4H3,(H,19,23)(H2,20,21,24). The van der Waals surface area contributed by atoms with Crippen LogP contribution in [0.4, 0.5) is 16.2 Å². The molecule has 25 heavy (non-hydrogen) atoms. The van der Waals surface area contributed by atoms with Gasteiger partial charge in [0.2, 0.25) is 0 Å². The summed E-state index contributed by atoms with van der Waals surface area (Å²) in [6, 6.07) is 5.04. The van der Waals surface area contributed by atoms with E-state index in [1.165, 1.54) is 0 Å². The third-order valence-electron chi connectivity index (χ3n) is 3.61. The number of ether oxygens (including phenoxy) is 1. The molecule has 0 heterocycles. The number of amides is 3. The second-order valence-corrected chi connectivity index (χ2v) is 5.96. The first-order valence-corrected chi connectivity index (χ1v) is 8.63. The maximum atomic E-state index is 12.5. The van der Waals surface area contributed by atoms with E-state index in [4.69, 9.17) is 4.74 Å². The lowest BCUT2D eigenvalue weighted by Gasteiger charge is -2.18. The fourth-order valence-electron chi connectivity index (χ4n) is 2.25. The molecule has 1 aromatic carbocycles. The molecule has 0 saturated carbocycles. The van der Waals surface area contributed by atoms with Crippen LogP contribution in [0.2, 0.25) is 0 Å². The molecule has 3 N–H and O–H groups in total. The Labute approximate surface area is 150 Å². The van der Waals surface area contributed by atoms with Crippen molar-refractivity contribution in [2.75, 3.05) is 51.1 Å². The fraction of sp³-hybridized carbons (Fsp3) is 0.556. The van der Waals surface area contributed by atoms with Crippen LogP contribution < -0.4 is 20.9 Å². The van der Waals surface area contributed by atoms with Gasteiger partial charge in [0.15, 0.2) is 0 Å². The smallest absolute Gasteiger partial charge is 0.319 e. The molecule has 0 atom stereocenters. The molecule has 0 aliphatic heterocycles. The summed E-state index contributed by atoms with van der Waals surface area (Å²) in [6.07, 6.45) is 2.70. The highest BCUT2D eigenvalue weighted by Gasteiger charge is 2.14. The van der Waals surface area contributed by atoms with Crippen LogP contribution in [-0.2, 0) is 4.74 Å². The summed E-state index contributed by atoms with van der Waals surface area (Å²) in [5, 5.41) is 8.44. The van der Waals surface area contributed by atoms with Crippen LogP contribution in [0.1, 0.15) is 36.5 Å². The largest absolute Gasteiger partial charge is 0.385 e. The highest BCUT2D eigenvalue weighted by atomic mass is 16.5. The molecule has 0 aliphatic rings. The Morgan fingerprint density at radius 3 is 2.48 bits per heavy atom. The van der Waals surface area contributed by atoms with Crippen LogP contribution in [0, 0.1) is 0 Å². The predicted octanol–water partition coefficient (Wildman–Crippen LogP) is 2.44. The van der Waals surface area contributed by atoms with Crippen LogP contribution >= 0.6 is 0 Å². The van der Waals surface area contributed by atoms with E-state index in [1.807, 2.05) is 25.1 Å². The molecule has 7 heteroatoms. The second-order valence-electron chi connectivity index (χ2n) is 5.96. The highest BCUT2D eigenvalue weighted by molar-refractivity contribution is 6.01. The summed E-state index contributed by atoms with van der Waals surface area (Å²) < 4.78 is 4.98. The van der Waals surface area contributed by atoms with Gasteiger partial charge in [0, 0.05) is 52.3 Å². The number of nitrogens with one attached hydrogen (secondary N) is 3. The van der Waals surface area contributed by atoms with Crippen molar-refractivity contribution in [3.8, 4) is 0 Å². The lowest BCUT2D eigenvalue weighted by atomic mass is 10.1. The van der Waals surface area contributed by atoms with Gasteiger partial charge in [0.05, 0.1) is 5.56 Å². The van der Waals surface area contributed by atoms with Crippen LogP contribution in [0.3, 0.4) is 0 Å². The van der Waals surface area contributed by atoms with Crippen molar-refractivity contribution in [1.29, 1.82) is 0 Å². The molecule has 0 aliphatic carbocycles. The van der Waals surface area contributed by atoms with E-state index >= 15 is 0 Å². The van der Waals surface area contributed by atoms with Crippen molar-refractivity contribution in [1.82, 2.24) is 10.6 Å². The lowest BCUT2D eigenvalue weighted by molar-refractivity contribution is 0.0949. The molecule has 3 amide bonds. The molecule has 0 bridgehead atoms. The molecule has 1 rings (SSSR count). The number of methoxy groups -OCH3 is 1. The third-order valence-corrected chi connectivity index (χ3v) is 3.61. The van der Waals surface area contributed by atoms with Gasteiger partial charge in [-0.05, 0) is 31.0 Å². The van der Waals surface area contributed by atoms with Crippen molar-refractivity contribution in [2.24, 2.45) is 0 Å². The molecule has 1 aromatic rings. The van der Waals surface area contributed by atoms with Gasteiger partial charge >= 0.3 is 6.03 Å². The minimum Gasteiger partial charge on any atom is -0.385 e. The summed E-state index contributed by atoms with van der Waals surface area (Å²) >= 11 is 0. The zero-order chi connectivity index (χ0) is 18.7. The monoisotopic (exact) mass is 350 g/mol. The van der Waals surface area contributed by atoms with E-state index in [9.17, 15) is 9.59 Å². The van der Waals surface area contributed by atoms with E-state index in [2.05, 4.69) is 22.9 Å². The summed E-state index contributed by atoms with van der Waals surface area (Å²) in [5.41, 5.74) is 1.90. The van der Waals surface area contributed by atoms with E-state index in [0.717, 1.165) is 24.9 Å². The number of unbranched alkanes of at least 4 members (excludes halogenated alkanes) is 1. The Morgan fingerprint density at radius 2 is 1.84 bits per heavy atom. The van der Waals surface area contributed by atoms with Crippen molar-refractivity contribution < 1.29 is 14.3 Å². The van der Waals surface area contributed by atoms with E-state index in [0.29, 0.717) is 30.9 Å². The first kappa shape index (κ1) is 20.8. The maximum Gasteiger partial charge on any atom is 0.319 e. The summed E-state index contributed by atoms with van der Waals surface area (Å²) in [7, 11) is 5.38. The fourth-order valence-corrected chi connectivity index (χ4v) is 2.25. The number of carbonyl (C=O) groups is 2. The van der Waals surface area contributed by atoms with E-state index in [1.54, 1.807) is 19.2 Å². The number of hydrogen-bond donors (Lipinski definition) is 3. The highest BCUT2D eigenvalue weighted by Crippen LogP contribution is 2.23. The van der Waals surface area contributed by atoms with Crippen molar-refractivity contribution in [3.63, 3.8) is 0 Å². The molecule has 7 nitrogen and oxygen atoms in total. The maximum absolute atomic E-state index is 12.5. The Kier molecular flexibility index (Phi) is 9.39. The zero-order valence-corrected chi connectivity index (χ0v) is 15.6. The minimum absolute atomic E-state index is 0.171. The molecular formula is C18H30N4O3. The Bertz CT molecular complexity index is 561. The van der Waals surface area contributed by atoms with Gasteiger partial charge in [-0.15, -0.1) is 0 Å². The molecular weight excluding hydrogens is 320 g/mol. The number of urea groups is 1. The van der Waals surface area contributed by atoms with E-state index in [-0.39, 0.29) is 11.9 Å². The SMILES string of the molecule is CCCCNC(=O)Nc1ccc(N(C)C)c(C(=O)NCCCOC)c1. The first-order valence-electron chi connectivity index (χ1n) is 8.63. The molecule has 0 radical (unpaired) electrons. The van der Waals surface area contributed by atoms with Gasteiger partial charge in [-0.3, -0.25) is 4.79 Å². The predicted molar refractivity (Wildman–Crippen MR) is 102 cm³/mol. The van der Waals surface area contributed by atoms with Crippen molar-refractivity contribution in [2.45, 2.75) is 26.2 Å². The topological polar surface area (TPSA) is 82.7 Å². The van der Waals surface area contributed by atoms with Gasteiger partial charge in [-0.2, -0.15) is 0 Å². The average molecular weight is 350 g/mol. The number of nitrogens with zero attached hydrogens (tertiary/aromatic N) is 1. The first-order chi connectivity index (χ1) is 12.0. The van der Waals surface area contributed by atoms with Crippen LogP contribution in [0.15, 0.2) is 18.2 Å². The molecule has 0 unspecified atom stereocenters. The van der Waals surface area contributed by atoms with Crippen LogP contribution in [-0.4, -0.2) is 52.8 Å². The average Bonchev–Trinajstić information content (AvgIpc) is 2.58. The lowest BCUT2D eigenvalue weighted by Crippen LogP contribution is -2.30. The third kappa shape index (κ3) is 7.43. The molecule has 140 valence electrons. The molecule has 0 spiro atoms. The van der Waals surface area contributed by atoms with Gasteiger partial charge in [0.1, 0.15) is 0 Å². The van der Waals surface area contributed by atoms with Crippen LogP contribution in [0.25, 0.3) is 0 Å². The Morgan fingerprint density at radius 1 is 1.12 bits per heavy atom. The summed E-state index contributed by atoms with van der Waals surface area (Å²) in [5.74, 6) is -0.171. The van der Waals surface area contributed by atoms with Crippen LogP contribution in [0.5, 0.6) is 0 Å². The van der Waals surface area contributed by atoms with Crippen molar-refractivity contribution in [3.05, 3.63) is 23.8 Å². The van der Waals surface area contributed by atoms with Gasteiger partial charge in [-0.25, -0.2) is 4.79 Å². The zero-order valence-electron chi connectivity index (χ0n) is 15.6. The second kappa shape index (κ2) is 11.3. The number of carbonyl (C=O) groups excluding carboxylic acids is 2. The van der Waals surface area contributed by atoms with Gasteiger partial charge in [-0.1, -0.05) is 13.3 Å². The quantitative estimate of drug-likeness (QED) is 0.566. The molecule has 0 saturated heterocycles. The Balaban J connectivity index is 2.79. The number of anilines is 2. The normalized spacial score (nSPS) is 10.2. The summed E-state index contributed by atoms with van der Waals surface area (Å²) in [4.78, 5) is 26.2. The van der Waals surface area contributed by atoms with Gasteiger partial charge < -0.3 is 25.6 Å². The molecule has 0 fully saturated rings. The molecule has 0 aromatic heterocycles. The number of benzene rings is 1. The van der Waals surface area contributed by atoms with Crippen molar-refractivity contribution >= 4 is 23.3 Å². The van der Waals surface area contributed by atoms with E-state index < -0.39 is 0 Å². The minimum atomic E-state index is -0.266. The Hall–Kier alpha value is -2.28.